The van der Waals surface area contributed by atoms with Gasteiger partial charge in [0.25, 0.3) is 0 Å². The molecule has 104 valence electrons. The Morgan fingerprint density at radius 3 is 2.79 bits per heavy atom. The Balaban J connectivity index is 1.80. The van der Waals surface area contributed by atoms with E-state index in [1.165, 1.54) is 0 Å². The van der Waals surface area contributed by atoms with Crippen molar-refractivity contribution in [3.05, 3.63) is 28.8 Å². The summed E-state index contributed by atoms with van der Waals surface area (Å²) in [5.74, 6) is 0. The van der Waals surface area contributed by atoms with Gasteiger partial charge < -0.3 is 5.32 Å². The van der Waals surface area contributed by atoms with E-state index in [1.807, 2.05) is 24.7 Å². The molecule has 0 aliphatic rings. The second kappa shape index (κ2) is 6.16. The zero-order valence-electron chi connectivity index (χ0n) is 11.5. The molecule has 0 aliphatic carbocycles. The minimum absolute atomic E-state index is 0.317. The van der Waals surface area contributed by atoms with Crippen molar-refractivity contribution in [3.8, 4) is 0 Å². The van der Waals surface area contributed by atoms with Crippen LogP contribution in [0, 0.1) is 13.8 Å². The zero-order valence-corrected chi connectivity index (χ0v) is 12.2. The Morgan fingerprint density at radius 1 is 1.42 bits per heavy atom. The van der Waals surface area contributed by atoms with Crippen molar-refractivity contribution >= 4 is 11.6 Å². The summed E-state index contributed by atoms with van der Waals surface area (Å²) in [5, 5.41) is 16.3. The molecule has 0 saturated heterocycles. The quantitative estimate of drug-likeness (QED) is 0.871. The van der Waals surface area contributed by atoms with Gasteiger partial charge in [0.1, 0.15) is 0 Å². The predicted molar refractivity (Wildman–Crippen MR) is 74.2 cm³/mol. The van der Waals surface area contributed by atoms with Gasteiger partial charge in [-0.05, 0) is 20.8 Å². The van der Waals surface area contributed by atoms with Crippen LogP contribution in [0.15, 0.2) is 12.4 Å². The molecule has 0 aliphatic heterocycles. The molecule has 7 heteroatoms. The first-order chi connectivity index (χ1) is 9.08. The number of hydrogen-bond acceptors (Lipinski definition) is 4. The third kappa shape index (κ3) is 3.54. The van der Waals surface area contributed by atoms with Crippen LogP contribution in [0.4, 0.5) is 0 Å². The summed E-state index contributed by atoms with van der Waals surface area (Å²) in [6.07, 6.45) is 3.54. The van der Waals surface area contributed by atoms with Crippen molar-refractivity contribution < 1.29 is 0 Å². The molecule has 0 radical (unpaired) electrons. The normalized spacial score (nSPS) is 12.8. The Kier molecular flexibility index (Phi) is 4.55. The Labute approximate surface area is 117 Å². The second-order valence-electron chi connectivity index (χ2n) is 4.69. The summed E-state index contributed by atoms with van der Waals surface area (Å²) in [6, 6.07) is 0.317. The fraction of sp³-hybridized carbons (Fsp3) is 0.583. The fourth-order valence-electron chi connectivity index (χ4n) is 1.95. The molecule has 2 heterocycles. The van der Waals surface area contributed by atoms with Crippen LogP contribution >= 0.6 is 11.6 Å². The number of hydrogen-bond donors (Lipinski definition) is 1. The van der Waals surface area contributed by atoms with Crippen LogP contribution < -0.4 is 5.32 Å². The van der Waals surface area contributed by atoms with Gasteiger partial charge in [0, 0.05) is 18.8 Å². The van der Waals surface area contributed by atoms with Crippen LogP contribution in [0.2, 0.25) is 5.02 Å². The number of aromatic nitrogens is 5. The van der Waals surface area contributed by atoms with E-state index in [2.05, 4.69) is 27.7 Å². The van der Waals surface area contributed by atoms with E-state index in [-0.39, 0.29) is 0 Å². The molecule has 0 fully saturated rings. The van der Waals surface area contributed by atoms with Gasteiger partial charge in [-0.1, -0.05) is 16.8 Å². The standard InChI is InChI=1S/C12H19ClN6/c1-9(14-4-6-18-7-5-15-17-18)8-19-11(3)12(13)10(2)16-19/h5,7,9,14H,4,6,8H2,1-3H3. The maximum atomic E-state index is 6.13. The molecule has 2 aromatic heterocycles. The van der Waals surface area contributed by atoms with E-state index in [1.54, 1.807) is 10.9 Å². The molecular formula is C12H19ClN6. The maximum Gasteiger partial charge on any atom is 0.0844 e. The minimum atomic E-state index is 0.317. The Morgan fingerprint density at radius 2 is 2.21 bits per heavy atom. The highest BCUT2D eigenvalue weighted by Gasteiger charge is 2.11. The first kappa shape index (κ1) is 14.0. The maximum absolute atomic E-state index is 6.13. The van der Waals surface area contributed by atoms with Crippen LogP contribution in [-0.2, 0) is 13.1 Å². The summed E-state index contributed by atoms with van der Waals surface area (Å²) in [5.41, 5.74) is 1.90. The lowest BCUT2D eigenvalue weighted by Gasteiger charge is -2.14. The van der Waals surface area contributed by atoms with Crippen molar-refractivity contribution in [3.63, 3.8) is 0 Å². The van der Waals surface area contributed by atoms with Crippen LogP contribution in [0.5, 0.6) is 0 Å². The summed E-state index contributed by atoms with van der Waals surface area (Å²) in [4.78, 5) is 0. The highest BCUT2D eigenvalue weighted by molar-refractivity contribution is 6.31. The van der Waals surface area contributed by atoms with E-state index in [9.17, 15) is 0 Å². The molecule has 2 aromatic rings. The van der Waals surface area contributed by atoms with Gasteiger partial charge in [-0.3, -0.25) is 9.36 Å². The van der Waals surface area contributed by atoms with Gasteiger partial charge >= 0.3 is 0 Å². The highest BCUT2D eigenvalue weighted by Crippen LogP contribution is 2.18. The predicted octanol–water partition coefficient (Wildman–Crippen LogP) is 1.42. The van der Waals surface area contributed by atoms with E-state index in [0.29, 0.717) is 6.04 Å². The van der Waals surface area contributed by atoms with Crippen molar-refractivity contribution in [2.75, 3.05) is 6.54 Å². The largest absolute Gasteiger partial charge is 0.311 e. The zero-order chi connectivity index (χ0) is 13.8. The average Bonchev–Trinajstić information content (AvgIpc) is 2.96. The number of nitrogens with zero attached hydrogens (tertiary/aromatic N) is 5. The lowest BCUT2D eigenvalue weighted by molar-refractivity contribution is 0.425. The monoisotopic (exact) mass is 282 g/mol. The first-order valence-corrected chi connectivity index (χ1v) is 6.72. The number of halogens is 1. The molecular weight excluding hydrogens is 264 g/mol. The molecule has 19 heavy (non-hydrogen) atoms. The van der Waals surface area contributed by atoms with E-state index in [0.717, 1.165) is 36.0 Å². The molecule has 0 aromatic carbocycles. The Bertz CT molecular complexity index is 519. The third-order valence-corrected chi connectivity index (χ3v) is 3.59. The first-order valence-electron chi connectivity index (χ1n) is 6.35. The molecule has 1 unspecified atom stereocenters. The van der Waals surface area contributed by atoms with Gasteiger partial charge in [0.2, 0.25) is 0 Å². The smallest absolute Gasteiger partial charge is 0.0844 e. The number of aryl methyl sites for hydroxylation is 1. The van der Waals surface area contributed by atoms with Crippen LogP contribution in [-0.4, -0.2) is 37.4 Å². The van der Waals surface area contributed by atoms with Crippen LogP contribution in [0.1, 0.15) is 18.3 Å². The van der Waals surface area contributed by atoms with Crippen molar-refractivity contribution in [2.24, 2.45) is 0 Å². The second-order valence-corrected chi connectivity index (χ2v) is 5.07. The number of nitrogens with one attached hydrogen (secondary N) is 1. The van der Waals surface area contributed by atoms with Gasteiger partial charge in [-0.25, -0.2) is 0 Å². The minimum Gasteiger partial charge on any atom is -0.311 e. The Hall–Kier alpha value is -1.40. The topological polar surface area (TPSA) is 60.6 Å². The summed E-state index contributed by atoms with van der Waals surface area (Å²) in [6.45, 7) is 8.50. The summed E-state index contributed by atoms with van der Waals surface area (Å²) >= 11 is 6.13. The highest BCUT2D eigenvalue weighted by atomic mass is 35.5. The lowest BCUT2D eigenvalue weighted by Crippen LogP contribution is -2.33. The molecule has 1 atom stereocenters. The molecule has 1 N–H and O–H groups in total. The van der Waals surface area contributed by atoms with Gasteiger partial charge in [0.05, 0.1) is 35.7 Å². The molecule has 0 bridgehead atoms. The van der Waals surface area contributed by atoms with Crippen molar-refractivity contribution in [1.29, 1.82) is 0 Å². The van der Waals surface area contributed by atoms with Crippen molar-refractivity contribution in [2.45, 2.75) is 39.9 Å². The van der Waals surface area contributed by atoms with Gasteiger partial charge in [-0.15, -0.1) is 5.10 Å². The molecule has 6 nitrogen and oxygen atoms in total. The number of rotatable bonds is 6. The van der Waals surface area contributed by atoms with E-state index in [4.69, 9.17) is 11.6 Å². The van der Waals surface area contributed by atoms with Crippen LogP contribution in [0.3, 0.4) is 0 Å². The fourth-order valence-corrected chi connectivity index (χ4v) is 2.09. The molecule has 2 rings (SSSR count). The lowest BCUT2D eigenvalue weighted by atomic mass is 10.3. The SMILES string of the molecule is Cc1nn(CC(C)NCCn2ccnn2)c(C)c1Cl. The van der Waals surface area contributed by atoms with E-state index >= 15 is 0 Å². The van der Waals surface area contributed by atoms with Gasteiger partial charge in [0.15, 0.2) is 0 Å². The van der Waals surface area contributed by atoms with Crippen molar-refractivity contribution in [1.82, 2.24) is 30.1 Å². The summed E-state index contributed by atoms with van der Waals surface area (Å²) < 4.78 is 3.75. The summed E-state index contributed by atoms with van der Waals surface area (Å²) in [7, 11) is 0. The van der Waals surface area contributed by atoms with Crippen LogP contribution in [0.25, 0.3) is 0 Å². The molecule has 0 amide bonds. The molecule has 0 spiro atoms. The average molecular weight is 283 g/mol. The van der Waals surface area contributed by atoms with Gasteiger partial charge in [-0.2, -0.15) is 5.10 Å². The third-order valence-electron chi connectivity index (χ3n) is 3.05. The van der Waals surface area contributed by atoms with E-state index < -0.39 is 0 Å². The molecule has 0 saturated carbocycles.